The summed E-state index contributed by atoms with van der Waals surface area (Å²) in [4.78, 5) is 16.9. The number of hydrazine groups is 1. The summed E-state index contributed by atoms with van der Waals surface area (Å²) in [7, 11) is 0. The number of para-hydroxylation sites is 1. The fraction of sp³-hybridized carbons (Fsp3) is 0.118. The molecule has 2 aliphatic heterocycles. The lowest BCUT2D eigenvalue weighted by Crippen LogP contribution is -2.43. The number of carbonyl (C=O) groups is 1. The van der Waals surface area contributed by atoms with Gasteiger partial charge in [-0.15, -0.1) is 0 Å². The van der Waals surface area contributed by atoms with Gasteiger partial charge in [-0.25, -0.2) is 4.79 Å². The maximum absolute atomic E-state index is 12.8. The Morgan fingerprint density at radius 3 is 3.00 bits per heavy atom. The molecular formula is C17H15N5O. The minimum Gasteiger partial charge on any atom is -0.304 e. The lowest BCUT2D eigenvalue weighted by atomic mass is 10.1. The topological polar surface area (TPSA) is 60.8 Å². The average molecular weight is 305 g/mol. The van der Waals surface area contributed by atoms with E-state index < -0.39 is 0 Å². The molecule has 0 aliphatic carbocycles. The van der Waals surface area contributed by atoms with Gasteiger partial charge in [-0.05, 0) is 30.7 Å². The first-order valence-corrected chi connectivity index (χ1v) is 7.36. The summed E-state index contributed by atoms with van der Waals surface area (Å²) in [6, 6.07) is 9.36. The minimum absolute atomic E-state index is 0.0584. The van der Waals surface area contributed by atoms with Crippen LogP contribution in [0.1, 0.15) is 17.2 Å². The van der Waals surface area contributed by atoms with Gasteiger partial charge in [-0.3, -0.25) is 4.98 Å². The van der Waals surface area contributed by atoms with Crippen LogP contribution in [-0.4, -0.2) is 22.3 Å². The van der Waals surface area contributed by atoms with Crippen LogP contribution < -0.4 is 10.3 Å². The molecule has 4 rings (SSSR count). The molecule has 1 aromatic carbocycles. The Hall–Kier alpha value is -3.15. The van der Waals surface area contributed by atoms with Gasteiger partial charge >= 0.3 is 6.03 Å². The van der Waals surface area contributed by atoms with E-state index in [0.29, 0.717) is 5.69 Å². The summed E-state index contributed by atoms with van der Waals surface area (Å²) in [6.07, 6.45) is 8.94. The first-order chi connectivity index (χ1) is 11.3. The molecule has 1 aromatic heterocycles. The number of amides is 2. The number of nitrogens with one attached hydrogen (secondary N) is 1. The van der Waals surface area contributed by atoms with E-state index in [-0.39, 0.29) is 12.1 Å². The molecule has 0 bridgehead atoms. The number of urea groups is 1. The predicted octanol–water partition coefficient (Wildman–Crippen LogP) is 3.26. The van der Waals surface area contributed by atoms with Gasteiger partial charge in [-0.2, -0.15) is 15.2 Å². The second-order valence-corrected chi connectivity index (χ2v) is 5.41. The van der Waals surface area contributed by atoms with Crippen molar-refractivity contribution < 1.29 is 4.79 Å². The van der Waals surface area contributed by atoms with Crippen LogP contribution in [0.25, 0.3) is 0 Å². The Balaban J connectivity index is 1.70. The van der Waals surface area contributed by atoms with Crippen LogP contribution in [0.3, 0.4) is 0 Å². The Kier molecular flexibility index (Phi) is 3.08. The number of fused-ring (bicyclic) bond motifs is 3. The fourth-order valence-electron chi connectivity index (χ4n) is 2.82. The molecule has 1 atom stereocenters. The van der Waals surface area contributed by atoms with Crippen molar-refractivity contribution in [3.8, 4) is 0 Å². The van der Waals surface area contributed by atoms with Gasteiger partial charge in [0.1, 0.15) is 6.04 Å². The van der Waals surface area contributed by atoms with E-state index in [4.69, 9.17) is 0 Å². The van der Waals surface area contributed by atoms with Gasteiger partial charge in [-0.1, -0.05) is 24.3 Å². The summed E-state index contributed by atoms with van der Waals surface area (Å²) in [5.41, 5.74) is 3.54. The zero-order valence-corrected chi connectivity index (χ0v) is 12.5. The van der Waals surface area contributed by atoms with Crippen molar-refractivity contribution in [3.63, 3.8) is 0 Å². The zero-order chi connectivity index (χ0) is 15.8. The molecule has 0 saturated carbocycles. The van der Waals surface area contributed by atoms with Gasteiger partial charge in [0.05, 0.1) is 17.6 Å². The number of carbonyl (C=O) groups excluding carboxylic acids is 1. The Bertz CT molecular complexity index is 829. The first kappa shape index (κ1) is 13.5. The summed E-state index contributed by atoms with van der Waals surface area (Å²) in [5, 5.41) is 10.5. The lowest BCUT2D eigenvalue weighted by Gasteiger charge is -2.29. The van der Waals surface area contributed by atoms with Gasteiger partial charge in [0.25, 0.3) is 0 Å². The number of hydrogen-bond acceptors (Lipinski definition) is 4. The van der Waals surface area contributed by atoms with E-state index >= 15 is 0 Å². The molecule has 3 heterocycles. The molecule has 23 heavy (non-hydrogen) atoms. The summed E-state index contributed by atoms with van der Waals surface area (Å²) in [5.74, 6) is 0. The lowest BCUT2D eigenvalue weighted by molar-refractivity contribution is 0.216. The van der Waals surface area contributed by atoms with Crippen LogP contribution >= 0.6 is 0 Å². The highest BCUT2D eigenvalue weighted by molar-refractivity contribution is 6.03. The van der Waals surface area contributed by atoms with Gasteiger partial charge in [0, 0.05) is 18.0 Å². The smallest absolute Gasteiger partial charge is 0.304 e. The highest BCUT2D eigenvalue weighted by Crippen LogP contribution is 2.41. The van der Waals surface area contributed by atoms with Crippen LogP contribution in [0, 0.1) is 6.92 Å². The maximum Gasteiger partial charge on any atom is 0.346 e. The Labute approximate surface area is 133 Å². The first-order valence-electron chi connectivity index (χ1n) is 7.36. The zero-order valence-electron chi connectivity index (χ0n) is 12.5. The standard InChI is InChI=1S/C17H15N5O/c1-12-8-10-18-11-14(12)20-17(23)21-15-6-3-2-5-13(15)16-7-4-9-19-22(16)21/h2-11,16H,1H3,(H,20,23). The monoisotopic (exact) mass is 305 g/mol. The number of aryl methyl sites for hydroxylation is 1. The molecule has 0 spiro atoms. The largest absolute Gasteiger partial charge is 0.346 e. The van der Waals surface area contributed by atoms with E-state index in [0.717, 1.165) is 16.8 Å². The minimum atomic E-state index is -0.261. The van der Waals surface area contributed by atoms with E-state index in [9.17, 15) is 4.79 Å². The molecule has 2 aliphatic rings. The number of hydrazone groups is 1. The summed E-state index contributed by atoms with van der Waals surface area (Å²) >= 11 is 0. The molecule has 0 saturated heterocycles. The van der Waals surface area contributed by atoms with Crippen molar-refractivity contribution in [2.24, 2.45) is 5.10 Å². The van der Waals surface area contributed by atoms with Crippen molar-refractivity contribution in [2.45, 2.75) is 13.0 Å². The number of allylic oxidation sites excluding steroid dienone is 1. The highest BCUT2D eigenvalue weighted by atomic mass is 16.2. The molecule has 0 radical (unpaired) electrons. The van der Waals surface area contributed by atoms with Crippen molar-refractivity contribution in [1.29, 1.82) is 0 Å². The van der Waals surface area contributed by atoms with Crippen LogP contribution in [0.4, 0.5) is 16.2 Å². The molecule has 114 valence electrons. The van der Waals surface area contributed by atoms with E-state index in [1.165, 1.54) is 0 Å². The number of pyridine rings is 1. The van der Waals surface area contributed by atoms with Crippen molar-refractivity contribution in [3.05, 3.63) is 66.0 Å². The molecule has 2 aromatic rings. The van der Waals surface area contributed by atoms with Crippen LogP contribution in [0.2, 0.25) is 0 Å². The number of rotatable bonds is 1. The number of anilines is 2. The van der Waals surface area contributed by atoms with Gasteiger partial charge < -0.3 is 5.32 Å². The molecule has 2 amide bonds. The van der Waals surface area contributed by atoms with Crippen molar-refractivity contribution in [1.82, 2.24) is 10.1 Å². The summed E-state index contributed by atoms with van der Waals surface area (Å²) < 4.78 is 0. The summed E-state index contributed by atoms with van der Waals surface area (Å²) in [6.45, 7) is 1.93. The molecule has 0 fully saturated rings. The predicted molar refractivity (Wildman–Crippen MR) is 89.1 cm³/mol. The molecule has 1 unspecified atom stereocenters. The third-order valence-electron chi connectivity index (χ3n) is 3.97. The van der Waals surface area contributed by atoms with Crippen LogP contribution in [0.15, 0.2) is 60.0 Å². The third-order valence-corrected chi connectivity index (χ3v) is 3.97. The van der Waals surface area contributed by atoms with Crippen molar-refractivity contribution >= 4 is 23.6 Å². The number of benzene rings is 1. The number of nitrogens with zero attached hydrogens (tertiary/aromatic N) is 4. The normalized spacial score (nSPS) is 17.9. The van der Waals surface area contributed by atoms with Crippen LogP contribution in [0.5, 0.6) is 0 Å². The fourth-order valence-corrected chi connectivity index (χ4v) is 2.82. The average Bonchev–Trinajstić information content (AvgIpc) is 2.91. The second kappa shape index (κ2) is 5.24. The molecule has 6 nitrogen and oxygen atoms in total. The number of aromatic nitrogens is 1. The molecule has 6 heteroatoms. The molecule has 1 N–H and O–H groups in total. The van der Waals surface area contributed by atoms with Crippen LogP contribution in [-0.2, 0) is 0 Å². The van der Waals surface area contributed by atoms with E-state index in [1.54, 1.807) is 28.7 Å². The van der Waals surface area contributed by atoms with Gasteiger partial charge in [0.2, 0.25) is 0 Å². The molecular weight excluding hydrogens is 290 g/mol. The van der Waals surface area contributed by atoms with Gasteiger partial charge in [0.15, 0.2) is 0 Å². The highest BCUT2D eigenvalue weighted by Gasteiger charge is 2.39. The maximum atomic E-state index is 12.8. The number of hydrogen-bond donors (Lipinski definition) is 1. The SMILES string of the molecule is Cc1ccncc1NC(=O)N1c2ccccc2C2C=CC=NN21. The van der Waals surface area contributed by atoms with Crippen molar-refractivity contribution in [2.75, 3.05) is 10.3 Å². The third kappa shape index (κ3) is 2.15. The second-order valence-electron chi connectivity index (χ2n) is 5.41. The quantitative estimate of drug-likeness (QED) is 0.879. The Morgan fingerprint density at radius 2 is 2.13 bits per heavy atom. The Morgan fingerprint density at radius 1 is 1.26 bits per heavy atom. The van der Waals surface area contributed by atoms with E-state index in [1.807, 2.05) is 49.4 Å². The van der Waals surface area contributed by atoms with E-state index in [2.05, 4.69) is 15.4 Å².